The highest BCUT2D eigenvalue weighted by Gasteiger charge is 2.27. The summed E-state index contributed by atoms with van der Waals surface area (Å²) in [6.45, 7) is 1.06. The summed E-state index contributed by atoms with van der Waals surface area (Å²) in [6, 6.07) is 13.4. The Bertz CT molecular complexity index is 1240. The molecule has 0 unspecified atom stereocenters. The average Bonchev–Trinajstić information content (AvgIpc) is 3.53. The van der Waals surface area contributed by atoms with Gasteiger partial charge in [-0.15, -0.1) is 0 Å². The topological polar surface area (TPSA) is 80.1 Å². The highest BCUT2D eigenvalue weighted by Crippen LogP contribution is 2.30. The molecule has 0 fully saturated rings. The maximum atomic E-state index is 13.2. The first-order valence-electron chi connectivity index (χ1n) is 9.79. The molecular weight excluding hydrogens is 430 g/mol. The third kappa shape index (κ3) is 3.89. The molecule has 5 rings (SSSR count). The van der Waals surface area contributed by atoms with E-state index in [4.69, 9.17) is 0 Å². The number of thiophene rings is 1. The predicted molar refractivity (Wildman–Crippen MR) is 121 cm³/mol. The van der Waals surface area contributed by atoms with Crippen molar-refractivity contribution in [1.29, 1.82) is 0 Å². The van der Waals surface area contributed by atoms with Crippen molar-refractivity contribution < 1.29 is 9.59 Å². The number of rotatable bonds is 4. The summed E-state index contributed by atoms with van der Waals surface area (Å²) in [4.78, 5) is 32.9. The highest BCUT2D eigenvalue weighted by atomic mass is 32.1. The molecule has 4 heterocycles. The van der Waals surface area contributed by atoms with Gasteiger partial charge in [0.2, 0.25) is 0 Å². The third-order valence-corrected chi connectivity index (χ3v) is 6.87. The Morgan fingerprint density at radius 1 is 1.16 bits per heavy atom. The van der Waals surface area contributed by atoms with Gasteiger partial charge in [-0.3, -0.25) is 19.6 Å². The fourth-order valence-electron chi connectivity index (χ4n) is 3.56. The number of aromatic nitrogens is 3. The van der Waals surface area contributed by atoms with Crippen molar-refractivity contribution in [2.45, 2.75) is 13.0 Å². The zero-order valence-electron chi connectivity index (χ0n) is 16.7. The standard InChI is InChI=1S/C22H19N5O2S2/c1-26-18(11-17(25-26)14-5-3-2-4-6-14)21(29)27-9-7-16-19(12-27)31-22(23-16)24-20(28)15-8-10-30-13-15/h2-6,8,10-11,13H,7,9,12H2,1H3,(H,23,24,28). The van der Waals surface area contributed by atoms with E-state index in [-0.39, 0.29) is 11.8 Å². The second kappa shape index (κ2) is 8.09. The maximum Gasteiger partial charge on any atom is 0.272 e. The number of nitrogens with zero attached hydrogens (tertiary/aromatic N) is 4. The summed E-state index contributed by atoms with van der Waals surface area (Å²) < 4.78 is 1.64. The van der Waals surface area contributed by atoms with Gasteiger partial charge in [-0.05, 0) is 17.5 Å². The molecule has 7 nitrogen and oxygen atoms in total. The van der Waals surface area contributed by atoms with Crippen molar-refractivity contribution in [1.82, 2.24) is 19.7 Å². The number of carbonyl (C=O) groups is 2. The van der Waals surface area contributed by atoms with Crippen LogP contribution in [0.4, 0.5) is 5.13 Å². The Hall–Kier alpha value is -3.30. The van der Waals surface area contributed by atoms with Crippen LogP contribution in [0.3, 0.4) is 0 Å². The summed E-state index contributed by atoms with van der Waals surface area (Å²) in [6.07, 6.45) is 0.662. The van der Waals surface area contributed by atoms with E-state index in [0.29, 0.717) is 35.9 Å². The fraction of sp³-hybridized carbons (Fsp3) is 0.182. The van der Waals surface area contributed by atoms with E-state index in [9.17, 15) is 9.59 Å². The summed E-state index contributed by atoms with van der Waals surface area (Å²) in [7, 11) is 1.79. The van der Waals surface area contributed by atoms with Gasteiger partial charge in [0.15, 0.2) is 5.13 Å². The summed E-state index contributed by atoms with van der Waals surface area (Å²) in [5.74, 6) is -0.219. The van der Waals surface area contributed by atoms with E-state index in [2.05, 4.69) is 15.4 Å². The van der Waals surface area contributed by atoms with Crippen molar-refractivity contribution in [2.24, 2.45) is 7.05 Å². The second-order valence-corrected chi connectivity index (χ2v) is 9.10. The van der Waals surface area contributed by atoms with Crippen molar-refractivity contribution >= 4 is 39.6 Å². The van der Waals surface area contributed by atoms with Gasteiger partial charge >= 0.3 is 0 Å². The molecule has 0 bridgehead atoms. The molecule has 156 valence electrons. The molecule has 2 amide bonds. The van der Waals surface area contributed by atoms with Gasteiger partial charge in [-0.2, -0.15) is 16.4 Å². The van der Waals surface area contributed by atoms with Crippen molar-refractivity contribution in [3.63, 3.8) is 0 Å². The van der Waals surface area contributed by atoms with Crippen LogP contribution < -0.4 is 5.32 Å². The lowest BCUT2D eigenvalue weighted by molar-refractivity contribution is 0.0725. The molecule has 1 aliphatic rings. The third-order valence-electron chi connectivity index (χ3n) is 5.19. The Morgan fingerprint density at radius 2 is 2.00 bits per heavy atom. The molecule has 0 atom stereocenters. The van der Waals surface area contributed by atoms with Crippen LogP contribution in [0.2, 0.25) is 0 Å². The Kier molecular flexibility index (Phi) is 5.13. The average molecular weight is 450 g/mol. The number of amides is 2. The molecule has 0 saturated heterocycles. The van der Waals surface area contributed by atoms with Gasteiger partial charge in [0, 0.05) is 35.8 Å². The quantitative estimate of drug-likeness (QED) is 0.510. The van der Waals surface area contributed by atoms with Gasteiger partial charge < -0.3 is 4.90 Å². The van der Waals surface area contributed by atoms with Crippen molar-refractivity contribution in [3.05, 3.63) is 75.1 Å². The van der Waals surface area contributed by atoms with Crippen LogP contribution in [-0.2, 0) is 20.0 Å². The molecule has 3 aromatic heterocycles. The van der Waals surface area contributed by atoms with Crippen LogP contribution in [0.25, 0.3) is 11.3 Å². The number of fused-ring (bicyclic) bond motifs is 1. The van der Waals surface area contributed by atoms with E-state index in [1.165, 1.54) is 22.7 Å². The Morgan fingerprint density at radius 3 is 2.77 bits per heavy atom. The lowest BCUT2D eigenvalue weighted by Gasteiger charge is -2.25. The molecule has 4 aromatic rings. The van der Waals surface area contributed by atoms with Crippen molar-refractivity contribution in [3.8, 4) is 11.3 Å². The number of benzene rings is 1. The first kappa shape index (κ1) is 19.7. The summed E-state index contributed by atoms with van der Waals surface area (Å²) >= 11 is 2.91. The number of thiazole rings is 1. The maximum absolute atomic E-state index is 13.2. The molecule has 9 heteroatoms. The zero-order chi connectivity index (χ0) is 21.4. The van der Waals surface area contributed by atoms with E-state index in [0.717, 1.165) is 21.8 Å². The van der Waals surface area contributed by atoms with E-state index < -0.39 is 0 Å². The van der Waals surface area contributed by atoms with Crippen molar-refractivity contribution in [2.75, 3.05) is 11.9 Å². The van der Waals surface area contributed by atoms with Crippen LogP contribution in [-0.4, -0.2) is 38.0 Å². The summed E-state index contributed by atoms with van der Waals surface area (Å²) in [5.41, 5.74) is 3.88. The van der Waals surface area contributed by atoms with Crippen LogP contribution in [0, 0.1) is 0 Å². The minimum atomic E-state index is -0.163. The SMILES string of the molecule is Cn1nc(-c2ccccc2)cc1C(=O)N1CCc2nc(NC(=O)c3ccsc3)sc2C1. The van der Waals surface area contributed by atoms with Crippen LogP contribution in [0.15, 0.2) is 53.2 Å². The van der Waals surface area contributed by atoms with Gasteiger partial charge in [0.05, 0.1) is 23.5 Å². The lowest BCUT2D eigenvalue weighted by atomic mass is 10.1. The van der Waals surface area contributed by atoms with Gasteiger partial charge in [-0.1, -0.05) is 41.7 Å². The molecule has 1 aromatic carbocycles. The molecule has 31 heavy (non-hydrogen) atoms. The van der Waals surface area contributed by atoms with Crippen LogP contribution in [0.1, 0.15) is 31.4 Å². The lowest BCUT2D eigenvalue weighted by Crippen LogP contribution is -2.36. The molecular formula is C22H19N5O2S2. The number of nitrogens with one attached hydrogen (secondary N) is 1. The Labute approximate surface area is 187 Å². The molecule has 0 radical (unpaired) electrons. The van der Waals surface area contributed by atoms with Crippen LogP contribution in [0.5, 0.6) is 0 Å². The minimum Gasteiger partial charge on any atom is -0.332 e. The van der Waals surface area contributed by atoms with Gasteiger partial charge in [0.25, 0.3) is 11.8 Å². The molecule has 0 spiro atoms. The van der Waals surface area contributed by atoms with E-state index in [1.807, 2.05) is 46.7 Å². The smallest absolute Gasteiger partial charge is 0.272 e. The monoisotopic (exact) mass is 449 g/mol. The van der Waals surface area contributed by atoms with Crippen LogP contribution >= 0.6 is 22.7 Å². The number of hydrogen-bond acceptors (Lipinski definition) is 6. The molecule has 0 saturated carbocycles. The highest BCUT2D eigenvalue weighted by molar-refractivity contribution is 7.16. The number of carbonyl (C=O) groups excluding carboxylic acids is 2. The normalized spacial score (nSPS) is 13.1. The number of anilines is 1. The number of aryl methyl sites for hydroxylation is 1. The largest absolute Gasteiger partial charge is 0.332 e. The van der Waals surface area contributed by atoms with Gasteiger partial charge in [-0.25, -0.2) is 4.98 Å². The zero-order valence-corrected chi connectivity index (χ0v) is 18.4. The summed E-state index contributed by atoms with van der Waals surface area (Å²) in [5, 5.41) is 11.6. The molecule has 0 aliphatic carbocycles. The predicted octanol–water partition coefficient (Wildman–Crippen LogP) is 4.06. The molecule has 1 aliphatic heterocycles. The minimum absolute atomic E-state index is 0.0555. The fourth-order valence-corrected chi connectivity index (χ4v) is 5.22. The van der Waals surface area contributed by atoms with E-state index in [1.54, 1.807) is 23.2 Å². The first-order chi connectivity index (χ1) is 15.1. The Balaban J connectivity index is 1.32. The first-order valence-corrected chi connectivity index (χ1v) is 11.6. The molecule has 1 N–H and O–H groups in total. The van der Waals surface area contributed by atoms with Gasteiger partial charge in [0.1, 0.15) is 5.69 Å². The number of hydrogen-bond donors (Lipinski definition) is 1. The second-order valence-electron chi connectivity index (χ2n) is 7.24. The van der Waals surface area contributed by atoms with E-state index >= 15 is 0 Å².